The van der Waals surface area contributed by atoms with E-state index in [1.165, 1.54) is 0 Å². The molecule has 0 aromatic heterocycles. The van der Waals surface area contributed by atoms with Crippen LogP contribution in [-0.4, -0.2) is 25.8 Å². The Labute approximate surface area is 139 Å². The monoisotopic (exact) mass is 320 g/mol. The SMILES string of the molecule is CCOC(=O)/C(=C(/OC(C)C)c1cccc(OC)c1)C(C)(C)C. The van der Waals surface area contributed by atoms with Crippen molar-refractivity contribution >= 4 is 11.7 Å². The van der Waals surface area contributed by atoms with Gasteiger partial charge in [-0.05, 0) is 38.3 Å². The molecular weight excluding hydrogens is 292 g/mol. The first-order valence-electron chi connectivity index (χ1n) is 7.93. The summed E-state index contributed by atoms with van der Waals surface area (Å²) in [6.07, 6.45) is -0.0667. The van der Waals surface area contributed by atoms with E-state index < -0.39 is 5.41 Å². The van der Waals surface area contributed by atoms with E-state index in [-0.39, 0.29) is 12.1 Å². The number of hydrogen-bond donors (Lipinski definition) is 0. The molecule has 4 heteroatoms. The minimum absolute atomic E-state index is 0.0667. The lowest BCUT2D eigenvalue weighted by Gasteiger charge is -2.26. The maximum Gasteiger partial charge on any atom is 0.338 e. The molecule has 0 saturated heterocycles. The predicted octanol–water partition coefficient (Wildman–Crippen LogP) is 4.44. The molecule has 0 atom stereocenters. The van der Waals surface area contributed by atoms with Crippen molar-refractivity contribution in [3.05, 3.63) is 35.4 Å². The van der Waals surface area contributed by atoms with Crippen molar-refractivity contribution in [1.29, 1.82) is 0 Å². The first-order chi connectivity index (χ1) is 10.7. The highest BCUT2D eigenvalue weighted by Crippen LogP contribution is 2.35. The van der Waals surface area contributed by atoms with Crippen LogP contribution >= 0.6 is 0 Å². The Kier molecular flexibility index (Phi) is 6.67. The number of ether oxygens (including phenoxy) is 3. The molecule has 0 aliphatic rings. The van der Waals surface area contributed by atoms with Gasteiger partial charge in [0.25, 0.3) is 0 Å². The van der Waals surface area contributed by atoms with Crippen LogP contribution in [0.3, 0.4) is 0 Å². The van der Waals surface area contributed by atoms with Crippen molar-refractivity contribution in [3.8, 4) is 5.75 Å². The van der Waals surface area contributed by atoms with E-state index in [0.29, 0.717) is 23.7 Å². The number of carbonyl (C=O) groups is 1. The molecule has 0 heterocycles. The number of benzene rings is 1. The van der Waals surface area contributed by atoms with E-state index >= 15 is 0 Å². The van der Waals surface area contributed by atoms with Crippen LogP contribution in [0.25, 0.3) is 5.76 Å². The molecule has 4 nitrogen and oxygen atoms in total. The van der Waals surface area contributed by atoms with E-state index in [1.807, 2.05) is 58.9 Å². The van der Waals surface area contributed by atoms with Crippen LogP contribution in [0.4, 0.5) is 0 Å². The quantitative estimate of drug-likeness (QED) is 0.441. The minimum atomic E-state index is -0.417. The van der Waals surface area contributed by atoms with Gasteiger partial charge in [-0.2, -0.15) is 0 Å². The van der Waals surface area contributed by atoms with E-state index in [4.69, 9.17) is 14.2 Å². The fourth-order valence-corrected chi connectivity index (χ4v) is 2.21. The molecule has 0 aliphatic carbocycles. The van der Waals surface area contributed by atoms with Gasteiger partial charge in [0.05, 0.1) is 25.4 Å². The van der Waals surface area contributed by atoms with E-state index in [0.717, 1.165) is 5.56 Å². The second kappa shape index (κ2) is 8.04. The predicted molar refractivity (Wildman–Crippen MR) is 92.2 cm³/mol. The lowest BCUT2D eigenvalue weighted by molar-refractivity contribution is -0.139. The van der Waals surface area contributed by atoms with Gasteiger partial charge < -0.3 is 14.2 Å². The molecule has 0 saturated carbocycles. The molecule has 23 heavy (non-hydrogen) atoms. The fraction of sp³-hybridized carbons (Fsp3) is 0.526. The Morgan fingerprint density at radius 1 is 1.22 bits per heavy atom. The van der Waals surface area contributed by atoms with Gasteiger partial charge in [-0.15, -0.1) is 0 Å². The molecule has 1 aromatic rings. The summed E-state index contributed by atoms with van der Waals surface area (Å²) in [5.41, 5.74) is 0.914. The van der Waals surface area contributed by atoms with Crippen molar-refractivity contribution in [2.45, 2.75) is 47.6 Å². The van der Waals surface area contributed by atoms with Crippen molar-refractivity contribution in [3.63, 3.8) is 0 Å². The van der Waals surface area contributed by atoms with Gasteiger partial charge in [-0.1, -0.05) is 32.9 Å². The molecule has 0 amide bonds. The zero-order valence-corrected chi connectivity index (χ0v) is 15.2. The van der Waals surface area contributed by atoms with Gasteiger partial charge in [0.15, 0.2) is 0 Å². The standard InChI is InChI=1S/C19H28O4/c1-8-22-18(20)16(19(4,5)6)17(23-13(2)3)14-10-9-11-15(12-14)21-7/h9-13H,8H2,1-7H3/b17-16-. The van der Waals surface area contributed by atoms with Gasteiger partial charge >= 0.3 is 5.97 Å². The summed E-state index contributed by atoms with van der Waals surface area (Å²) in [5, 5.41) is 0. The summed E-state index contributed by atoms with van der Waals surface area (Å²) in [6.45, 7) is 11.9. The highest BCUT2D eigenvalue weighted by molar-refractivity contribution is 5.97. The van der Waals surface area contributed by atoms with Crippen LogP contribution in [0.2, 0.25) is 0 Å². The highest BCUT2D eigenvalue weighted by atomic mass is 16.5. The minimum Gasteiger partial charge on any atom is -0.497 e. The molecule has 0 fully saturated rings. The van der Waals surface area contributed by atoms with Gasteiger partial charge in [0.2, 0.25) is 0 Å². The Morgan fingerprint density at radius 3 is 2.35 bits per heavy atom. The summed E-state index contributed by atoms with van der Waals surface area (Å²) < 4.78 is 16.6. The van der Waals surface area contributed by atoms with Crippen LogP contribution in [-0.2, 0) is 14.3 Å². The Morgan fingerprint density at radius 2 is 1.87 bits per heavy atom. The number of hydrogen-bond acceptors (Lipinski definition) is 4. The average Bonchev–Trinajstić information content (AvgIpc) is 2.45. The zero-order chi connectivity index (χ0) is 17.6. The van der Waals surface area contributed by atoms with Crippen LogP contribution in [0, 0.1) is 5.41 Å². The molecule has 0 aliphatic heterocycles. The lowest BCUT2D eigenvalue weighted by atomic mass is 9.84. The Balaban J connectivity index is 3.57. The van der Waals surface area contributed by atoms with Gasteiger partial charge in [-0.3, -0.25) is 0 Å². The third kappa shape index (κ3) is 5.31. The van der Waals surface area contributed by atoms with Gasteiger partial charge in [0, 0.05) is 5.56 Å². The van der Waals surface area contributed by atoms with Crippen molar-refractivity contribution in [2.24, 2.45) is 5.41 Å². The van der Waals surface area contributed by atoms with Crippen molar-refractivity contribution < 1.29 is 19.0 Å². The van der Waals surface area contributed by atoms with Crippen molar-refractivity contribution in [2.75, 3.05) is 13.7 Å². The first-order valence-corrected chi connectivity index (χ1v) is 7.93. The largest absolute Gasteiger partial charge is 0.497 e. The molecule has 0 N–H and O–H groups in total. The number of esters is 1. The topological polar surface area (TPSA) is 44.8 Å². The second-order valence-electron chi connectivity index (χ2n) is 6.57. The maximum absolute atomic E-state index is 12.5. The lowest BCUT2D eigenvalue weighted by Crippen LogP contribution is -2.23. The summed E-state index contributed by atoms with van der Waals surface area (Å²) in [4.78, 5) is 12.5. The molecule has 0 radical (unpaired) electrons. The molecule has 0 bridgehead atoms. The number of carbonyl (C=O) groups excluding carboxylic acids is 1. The summed E-state index contributed by atoms with van der Waals surface area (Å²) in [7, 11) is 1.61. The van der Waals surface area contributed by atoms with Gasteiger partial charge in [-0.25, -0.2) is 4.79 Å². The van der Waals surface area contributed by atoms with E-state index in [1.54, 1.807) is 14.0 Å². The normalized spacial score (nSPS) is 12.7. The molecular formula is C19H28O4. The smallest absolute Gasteiger partial charge is 0.338 e. The third-order valence-electron chi connectivity index (χ3n) is 3.14. The Hall–Kier alpha value is -1.97. The molecule has 0 unspecified atom stereocenters. The summed E-state index contributed by atoms with van der Waals surface area (Å²) in [6, 6.07) is 7.51. The van der Waals surface area contributed by atoms with Crippen LogP contribution < -0.4 is 4.74 Å². The van der Waals surface area contributed by atoms with Gasteiger partial charge in [0.1, 0.15) is 11.5 Å². The first kappa shape index (κ1) is 19.1. The fourth-order valence-electron chi connectivity index (χ4n) is 2.21. The maximum atomic E-state index is 12.5. The molecule has 128 valence electrons. The van der Waals surface area contributed by atoms with E-state index in [2.05, 4.69) is 0 Å². The van der Waals surface area contributed by atoms with Crippen LogP contribution in [0.5, 0.6) is 5.75 Å². The summed E-state index contributed by atoms with van der Waals surface area (Å²) in [5.74, 6) is 0.910. The Bertz CT molecular complexity index is 565. The second-order valence-corrected chi connectivity index (χ2v) is 6.57. The molecule has 1 rings (SSSR count). The number of rotatable bonds is 6. The third-order valence-corrected chi connectivity index (χ3v) is 3.14. The van der Waals surface area contributed by atoms with Crippen molar-refractivity contribution in [1.82, 2.24) is 0 Å². The highest BCUT2D eigenvalue weighted by Gasteiger charge is 2.31. The van der Waals surface area contributed by atoms with E-state index in [9.17, 15) is 4.79 Å². The molecule has 0 spiro atoms. The molecule has 1 aromatic carbocycles. The number of methoxy groups -OCH3 is 1. The van der Waals surface area contributed by atoms with Crippen LogP contribution in [0.1, 0.15) is 47.1 Å². The van der Waals surface area contributed by atoms with Crippen LogP contribution in [0.15, 0.2) is 29.8 Å². The average molecular weight is 320 g/mol. The zero-order valence-electron chi connectivity index (χ0n) is 15.2. The summed E-state index contributed by atoms with van der Waals surface area (Å²) >= 11 is 0.